The first-order valence-electron chi connectivity index (χ1n) is 6.06. The Kier molecular flexibility index (Phi) is 3.52. The largest absolute Gasteiger partial charge is 0.418 e. The molecule has 5 heteroatoms. The third-order valence-electron chi connectivity index (χ3n) is 3.34. The zero-order chi connectivity index (χ0) is 13.3. The Labute approximate surface area is 105 Å². The van der Waals surface area contributed by atoms with Crippen molar-refractivity contribution in [2.75, 3.05) is 18.0 Å². The molecule has 2 N–H and O–H groups in total. The van der Waals surface area contributed by atoms with Gasteiger partial charge in [0.05, 0.1) is 5.56 Å². The lowest BCUT2D eigenvalue weighted by atomic mass is 10.0. The van der Waals surface area contributed by atoms with E-state index in [4.69, 9.17) is 5.73 Å². The van der Waals surface area contributed by atoms with Crippen LogP contribution in [0.1, 0.15) is 24.0 Å². The summed E-state index contributed by atoms with van der Waals surface area (Å²) < 4.78 is 39.0. The molecule has 0 aromatic heterocycles. The second kappa shape index (κ2) is 4.80. The van der Waals surface area contributed by atoms with Crippen LogP contribution in [0.3, 0.4) is 0 Å². The summed E-state index contributed by atoms with van der Waals surface area (Å²) in [6, 6.07) is 4.61. The van der Waals surface area contributed by atoms with Crippen molar-refractivity contribution < 1.29 is 13.2 Å². The van der Waals surface area contributed by atoms with Crippen molar-refractivity contribution in [3.05, 3.63) is 29.3 Å². The molecular weight excluding hydrogens is 241 g/mol. The van der Waals surface area contributed by atoms with Gasteiger partial charge in [0.15, 0.2) is 0 Å². The highest BCUT2D eigenvalue weighted by Gasteiger charge is 2.35. The molecule has 1 aromatic carbocycles. The van der Waals surface area contributed by atoms with Gasteiger partial charge in [-0.1, -0.05) is 11.6 Å². The number of alkyl halides is 3. The van der Waals surface area contributed by atoms with E-state index in [-0.39, 0.29) is 11.7 Å². The second-order valence-corrected chi connectivity index (χ2v) is 4.84. The standard InChI is InChI=1S/C13H17F3N2/c1-9-2-3-12(11(8-9)13(14,15)16)18-6-4-10(17)5-7-18/h2-3,8,10H,4-7,17H2,1H3. The first-order chi connectivity index (χ1) is 8.38. The number of piperidine rings is 1. The van der Waals surface area contributed by atoms with Crippen LogP contribution >= 0.6 is 0 Å². The fraction of sp³-hybridized carbons (Fsp3) is 0.538. The Morgan fingerprint density at radius 2 is 1.83 bits per heavy atom. The Balaban J connectivity index is 2.32. The van der Waals surface area contributed by atoms with Gasteiger partial charge >= 0.3 is 6.18 Å². The SMILES string of the molecule is Cc1ccc(N2CCC(N)CC2)c(C(F)(F)F)c1. The zero-order valence-corrected chi connectivity index (χ0v) is 10.3. The molecule has 0 spiro atoms. The van der Waals surface area contributed by atoms with Crippen LogP contribution in [0.5, 0.6) is 0 Å². The molecule has 1 saturated heterocycles. The summed E-state index contributed by atoms with van der Waals surface area (Å²) in [6.45, 7) is 2.85. The van der Waals surface area contributed by atoms with E-state index in [0.29, 0.717) is 18.7 Å². The maximum absolute atomic E-state index is 13.0. The second-order valence-electron chi connectivity index (χ2n) is 4.84. The van der Waals surface area contributed by atoms with E-state index < -0.39 is 11.7 Å². The van der Waals surface area contributed by atoms with Crippen molar-refractivity contribution in [2.45, 2.75) is 32.0 Å². The smallest absolute Gasteiger partial charge is 0.371 e. The van der Waals surface area contributed by atoms with Crippen LogP contribution in [0.2, 0.25) is 0 Å². The van der Waals surface area contributed by atoms with Crippen LogP contribution < -0.4 is 10.6 Å². The van der Waals surface area contributed by atoms with Crippen molar-refractivity contribution in [2.24, 2.45) is 5.73 Å². The highest BCUT2D eigenvalue weighted by atomic mass is 19.4. The Morgan fingerprint density at radius 3 is 2.39 bits per heavy atom. The van der Waals surface area contributed by atoms with Crippen molar-refractivity contribution in [1.82, 2.24) is 0 Å². The third kappa shape index (κ3) is 2.77. The maximum atomic E-state index is 13.0. The molecule has 1 fully saturated rings. The van der Waals surface area contributed by atoms with Gasteiger partial charge in [0.25, 0.3) is 0 Å². The van der Waals surface area contributed by atoms with Gasteiger partial charge in [0.2, 0.25) is 0 Å². The normalized spacial score (nSPS) is 18.2. The summed E-state index contributed by atoms with van der Waals surface area (Å²) >= 11 is 0. The summed E-state index contributed by atoms with van der Waals surface area (Å²) in [5, 5.41) is 0. The third-order valence-corrected chi connectivity index (χ3v) is 3.34. The number of anilines is 1. The summed E-state index contributed by atoms with van der Waals surface area (Å²) in [6.07, 6.45) is -2.82. The summed E-state index contributed by atoms with van der Waals surface area (Å²) in [7, 11) is 0. The molecule has 2 rings (SSSR count). The van der Waals surface area contributed by atoms with E-state index in [1.807, 2.05) is 0 Å². The minimum Gasteiger partial charge on any atom is -0.371 e. The van der Waals surface area contributed by atoms with Gasteiger partial charge in [0, 0.05) is 24.8 Å². The van der Waals surface area contributed by atoms with Crippen molar-refractivity contribution in [1.29, 1.82) is 0 Å². The summed E-state index contributed by atoms with van der Waals surface area (Å²) in [5.41, 5.74) is 6.13. The monoisotopic (exact) mass is 258 g/mol. The van der Waals surface area contributed by atoms with Crippen LogP contribution in [0.4, 0.5) is 18.9 Å². The van der Waals surface area contributed by atoms with Crippen molar-refractivity contribution in [3.63, 3.8) is 0 Å². The molecule has 0 amide bonds. The molecule has 0 bridgehead atoms. The molecule has 18 heavy (non-hydrogen) atoms. The topological polar surface area (TPSA) is 29.3 Å². The van der Waals surface area contributed by atoms with Crippen LogP contribution in [0, 0.1) is 6.92 Å². The van der Waals surface area contributed by atoms with Crippen LogP contribution in [-0.2, 0) is 6.18 Å². The van der Waals surface area contributed by atoms with Crippen LogP contribution in [-0.4, -0.2) is 19.1 Å². The quantitative estimate of drug-likeness (QED) is 0.839. The van der Waals surface area contributed by atoms with Gasteiger partial charge in [-0.15, -0.1) is 0 Å². The molecule has 1 aromatic rings. The lowest BCUT2D eigenvalue weighted by Crippen LogP contribution is -2.40. The van der Waals surface area contributed by atoms with Crippen molar-refractivity contribution in [3.8, 4) is 0 Å². The number of halogens is 3. The molecule has 1 heterocycles. The van der Waals surface area contributed by atoms with Crippen molar-refractivity contribution >= 4 is 5.69 Å². The number of rotatable bonds is 1. The lowest BCUT2D eigenvalue weighted by molar-refractivity contribution is -0.137. The number of nitrogens with zero attached hydrogens (tertiary/aromatic N) is 1. The van der Waals surface area contributed by atoms with E-state index in [1.54, 1.807) is 24.0 Å². The average Bonchev–Trinajstić information content (AvgIpc) is 2.29. The molecule has 0 atom stereocenters. The van der Waals surface area contributed by atoms with Gasteiger partial charge in [-0.2, -0.15) is 13.2 Å². The average molecular weight is 258 g/mol. The molecular formula is C13H17F3N2. The Morgan fingerprint density at radius 1 is 1.22 bits per heavy atom. The van der Waals surface area contributed by atoms with Crippen LogP contribution in [0.25, 0.3) is 0 Å². The zero-order valence-electron chi connectivity index (χ0n) is 10.3. The maximum Gasteiger partial charge on any atom is 0.418 e. The summed E-state index contributed by atoms with van der Waals surface area (Å²) in [4.78, 5) is 1.78. The Hall–Kier alpha value is -1.23. The number of hydrogen-bond acceptors (Lipinski definition) is 2. The Bertz CT molecular complexity index is 421. The number of hydrogen-bond donors (Lipinski definition) is 1. The highest BCUT2D eigenvalue weighted by molar-refractivity contribution is 5.56. The molecule has 1 aliphatic heterocycles. The predicted octanol–water partition coefficient (Wildman–Crippen LogP) is 2.94. The van der Waals surface area contributed by atoms with Gasteiger partial charge in [0.1, 0.15) is 0 Å². The van der Waals surface area contributed by atoms with E-state index >= 15 is 0 Å². The minimum atomic E-state index is -4.30. The van der Waals surface area contributed by atoms with E-state index in [0.717, 1.165) is 12.8 Å². The molecule has 2 nitrogen and oxygen atoms in total. The first-order valence-corrected chi connectivity index (χ1v) is 6.06. The molecule has 0 radical (unpaired) electrons. The number of nitrogens with two attached hydrogens (primary N) is 1. The first kappa shape index (κ1) is 13.2. The molecule has 0 saturated carbocycles. The van der Waals surface area contributed by atoms with E-state index in [9.17, 15) is 13.2 Å². The highest BCUT2D eigenvalue weighted by Crippen LogP contribution is 2.37. The van der Waals surface area contributed by atoms with Gasteiger partial charge < -0.3 is 10.6 Å². The number of benzene rings is 1. The predicted molar refractivity (Wildman–Crippen MR) is 65.6 cm³/mol. The van der Waals surface area contributed by atoms with E-state index in [1.165, 1.54) is 6.07 Å². The van der Waals surface area contributed by atoms with E-state index in [2.05, 4.69) is 0 Å². The minimum absolute atomic E-state index is 0.112. The molecule has 100 valence electrons. The van der Waals surface area contributed by atoms with Gasteiger partial charge in [-0.05, 0) is 31.9 Å². The van der Waals surface area contributed by atoms with Gasteiger partial charge in [-0.25, -0.2) is 0 Å². The number of aryl methyl sites for hydroxylation is 1. The molecule has 1 aliphatic rings. The van der Waals surface area contributed by atoms with Crippen LogP contribution in [0.15, 0.2) is 18.2 Å². The lowest BCUT2D eigenvalue weighted by Gasteiger charge is -2.33. The fourth-order valence-electron chi connectivity index (χ4n) is 2.29. The fourth-order valence-corrected chi connectivity index (χ4v) is 2.29. The summed E-state index contributed by atoms with van der Waals surface area (Å²) in [5.74, 6) is 0. The molecule has 0 aliphatic carbocycles. The van der Waals surface area contributed by atoms with Gasteiger partial charge in [-0.3, -0.25) is 0 Å². The molecule has 0 unspecified atom stereocenters.